The van der Waals surface area contributed by atoms with Gasteiger partial charge in [0.1, 0.15) is 5.52 Å². The number of fused-ring (bicyclic) bond motifs is 1. The van der Waals surface area contributed by atoms with Gasteiger partial charge in [0.2, 0.25) is 0 Å². The van der Waals surface area contributed by atoms with Crippen LogP contribution >= 0.6 is 0 Å². The van der Waals surface area contributed by atoms with Gasteiger partial charge in [-0.05, 0) is 30.5 Å². The predicted molar refractivity (Wildman–Crippen MR) is 63.5 cm³/mol. The first kappa shape index (κ1) is 11.3. The number of halogens is 2. The van der Waals surface area contributed by atoms with Crippen LogP contribution in [0.25, 0.3) is 10.9 Å². The van der Waals surface area contributed by atoms with Crippen molar-refractivity contribution in [1.82, 2.24) is 4.98 Å². The van der Waals surface area contributed by atoms with Crippen LogP contribution in [0.5, 0.6) is 5.75 Å². The lowest BCUT2D eigenvalue weighted by atomic mass is 9.99. The van der Waals surface area contributed by atoms with Crippen LogP contribution in [0.1, 0.15) is 18.4 Å². The maximum Gasteiger partial charge on any atom is 0.387 e. The van der Waals surface area contributed by atoms with E-state index in [1.54, 1.807) is 18.3 Å². The maximum atomic E-state index is 12.3. The number of benzene rings is 1. The molecule has 0 bridgehead atoms. The first-order valence-corrected chi connectivity index (χ1v) is 5.72. The Morgan fingerprint density at radius 2 is 2.06 bits per heavy atom. The van der Waals surface area contributed by atoms with Crippen molar-refractivity contribution in [2.75, 3.05) is 0 Å². The molecule has 0 spiro atoms. The molecule has 1 aromatic heterocycles. The Morgan fingerprint density at radius 3 is 2.72 bits per heavy atom. The first-order valence-electron chi connectivity index (χ1n) is 5.72. The van der Waals surface area contributed by atoms with Gasteiger partial charge < -0.3 is 10.5 Å². The Kier molecular flexibility index (Phi) is 2.45. The Bertz CT molecular complexity index is 597. The third-order valence-electron chi connectivity index (χ3n) is 3.27. The zero-order chi connectivity index (χ0) is 12.8. The minimum absolute atomic E-state index is 0.0913. The SMILES string of the molecule is NC1(c2ccc(OC(F)F)c3ncccc23)CC1. The first-order chi connectivity index (χ1) is 8.60. The molecule has 18 heavy (non-hydrogen) atoms. The van der Waals surface area contributed by atoms with Crippen LogP contribution in [0.2, 0.25) is 0 Å². The molecular weight excluding hydrogens is 238 g/mol. The van der Waals surface area contributed by atoms with Crippen LogP contribution in [0.3, 0.4) is 0 Å². The van der Waals surface area contributed by atoms with Crippen molar-refractivity contribution in [3.63, 3.8) is 0 Å². The summed E-state index contributed by atoms with van der Waals surface area (Å²) in [5.74, 6) is 0.0913. The molecule has 0 atom stereocenters. The van der Waals surface area contributed by atoms with E-state index in [9.17, 15) is 8.78 Å². The average molecular weight is 250 g/mol. The molecule has 0 saturated heterocycles. The second-order valence-corrected chi connectivity index (χ2v) is 4.55. The average Bonchev–Trinajstić information content (AvgIpc) is 3.08. The van der Waals surface area contributed by atoms with Crippen molar-refractivity contribution < 1.29 is 13.5 Å². The summed E-state index contributed by atoms with van der Waals surface area (Å²) in [6, 6.07) is 6.88. The fraction of sp³-hybridized carbons (Fsp3) is 0.308. The van der Waals surface area contributed by atoms with E-state index in [1.165, 1.54) is 6.07 Å². The maximum absolute atomic E-state index is 12.3. The fourth-order valence-corrected chi connectivity index (χ4v) is 2.18. The number of alkyl halides is 2. The summed E-state index contributed by atoms with van der Waals surface area (Å²) >= 11 is 0. The molecule has 0 amide bonds. The lowest BCUT2D eigenvalue weighted by Gasteiger charge is -2.15. The number of nitrogens with zero attached hydrogens (tertiary/aromatic N) is 1. The topological polar surface area (TPSA) is 48.1 Å². The van der Waals surface area contributed by atoms with Gasteiger partial charge in [-0.25, -0.2) is 0 Å². The van der Waals surface area contributed by atoms with E-state index in [0.717, 1.165) is 23.8 Å². The molecule has 0 unspecified atom stereocenters. The quantitative estimate of drug-likeness (QED) is 0.911. The number of aromatic nitrogens is 1. The Labute approximate surface area is 103 Å². The van der Waals surface area contributed by atoms with Gasteiger partial charge in [-0.15, -0.1) is 0 Å². The third kappa shape index (κ3) is 1.80. The Hall–Kier alpha value is -1.75. The predicted octanol–water partition coefficient (Wildman–Crippen LogP) is 2.78. The van der Waals surface area contributed by atoms with E-state index < -0.39 is 6.61 Å². The highest BCUT2D eigenvalue weighted by Gasteiger charge is 2.41. The molecule has 1 fully saturated rings. The molecule has 2 aromatic rings. The van der Waals surface area contributed by atoms with E-state index in [-0.39, 0.29) is 11.3 Å². The monoisotopic (exact) mass is 250 g/mol. The van der Waals surface area contributed by atoms with Crippen LogP contribution in [-0.2, 0) is 5.54 Å². The van der Waals surface area contributed by atoms with Crippen molar-refractivity contribution in [3.05, 3.63) is 36.0 Å². The van der Waals surface area contributed by atoms with Crippen LogP contribution in [-0.4, -0.2) is 11.6 Å². The molecular formula is C13H12F2N2O. The summed E-state index contributed by atoms with van der Waals surface area (Å²) in [6.07, 6.45) is 3.37. The summed E-state index contributed by atoms with van der Waals surface area (Å²) in [7, 11) is 0. The lowest BCUT2D eigenvalue weighted by molar-refractivity contribution is -0.0489. The van der Waals surface area contributed by atoms with Crippen LogP contribution < -0.4 is 10.5 Å². The highest BCUT2D eigenvalue weighted by Crippen LogP contribution is 2.46. The van der Waals surface area contributed by atoms with Gasteiger partial charge in [-0.2, -0.15) is 8.78 Å². The molecule has 94 valence electrons. The number of hydrogen-bond donors (Lipinski definition) is 1. The highest BCUT2D eigenvalue weighted by atomic mass is 19.3. The van der Waals surface area contributed by atoms with Crippen molar-refractivity contribution in [2.45, 2.75) is 25.0 Å². The third-order valence-corrected chi connectivity index (χ3v) is 3.27. The summed E-state index contributed by atoms with van der Waals surface area (Å²) < 4.78 is 29.1. The lowest BCUT2D eigenvalue weighted by Crippen LogP contribution is -2.19. The number of hydrogen-bond acceptors (Lipinski definition) is 3. The largest absolute Gasteiger partial charge is 0.432 e. The molecule has 2 N–H and O–H groups in total. The molecule has 5 heteroatoms. The van der Waals surface area contributed by atoms with Crippen LogP contribution in [0.4, 0.5) is 8.78 Å². The van der Waals surface area contributed by atoms with Crippen molar-refractivity contribution in [1.29, 1.82) is 0 Å². The smallest absolute Gasteiger partial charge is 0.387 e. The number of nitrogens with two attached hydrogens (primary N) is 1. The molecule has 0 radical (unpaired) electrons. The van der Waals surface area contributed by atoms with Gasteiger partial charge >= 0.3 is 6.61 Å². The van der Waals surface area contributed by atoms with Gasteiger partial charge in [-0.1, -0.05) is 12.1 Å². The number of rotatable bonds is 3. The zero-order valence-electron chi connectivity index (χ0n) is 9.57. The van der Waals surface area contributed by atoms with Gasteiger partial charge in [0.05, 0.1) is 0 Å². The molecule has 0 aliphatic heterocycles. The van der Waals surface area contributed by atoms with Crippen molar-refractivity contribution >= 4 is 10.9 Å². The molecule has 1 saturated carbocycles. The Balaban J connectivity index is 2.18. The Morgan fingerprint density at radius 1 is 1.28 bits per heavy atom. The number of ether oxygens (including phenoxy) is 1. The zero-order valence-corrected chi connectivity index (χ0v) is 9.57. The standard InChI is InChI=1S/C13H12F2N2O/c14-12(15)18-10-4-3-9(13(16)5-6-13)8-2-1-7-17-11(8)10/h1-4,7,12H,5-6,16H2. The van der Waals surface area contributed by atoms with Crippen molar-refractivity contribution in [3.8, 4) is 5.75 Å². The minimum atomic E-state index is -2.85. The molecule has 3 rings (SSSR count). The van der Waals surface area contributed by atoms with E-state index in [0.29, 0.717) is 5.52 Å². The molecule has 1 aliphatic rings. The van der Waals surface area contributed by atoms with Crippen LogP contribution in [0, 0.1) is 0 Å². The fourth-order valence-electron chi connectivity index (χ4n) is 2.18. The molecule has 3 nitrogen and oxygen atoms in total. The van der Waals surface area contributed by atoms with E-state index >= 15 is 0 Å². The van der Waals surface area contributed by atoms with Crippen molar-refractivity contribution in [2.24, 2.45) is 5.73 Å². The van der Waals surface area contributed by atoms with E-state index in [4.69, 9.17) is 5.73 Å². The van der Waals surface area contributed by atoms with E-state index in [1.807, 2.05) is 6.07 Å². The second-order valence-electron chi connectivity index (χ2n) is 4.55. The highest BCUT2D eigenvalue weighted by molar-refractivity contribution is 5.88. The summed E-state index contributed by atoms with van der Waals surface area (Å²) in [5, 5.41) is 0.788. The summed E-state index contributed by atoms with van der Waals surface area (Å²) in [4.78, 5) is 4.12. The summed E-state index contributed by atoms with van der Waals surface area (Å²) in [5.41, 5.74) is 7.23. The van der Waals surface area contributed by atoms with Crippen LogP contribution in [0.15, 0.2) is 30.5 Å². The molecule has 1 aliphatic carbocycles. The van der Waals surface area contributed by atoms with Gasteiger partial charge in [-0.3, -0.25) is 4.98 Å². The molecule has 1 aromatic carbocycles. The normalized spacial score (nSPS) is 17.1. The van der Waals surface area contributed by atoms with Gasteiger partial charge in [0.15, 0.2) is 5.75 Å². The molecule has 1 heterocycles. The van der Waals surface area contributed by atoms with Gasteiger partial charge in [0, 0.05) is 17.1 Å². The second kappa shape index (κ2) is 3.88. The van der Waals surface area contributed by atoms with Gasteiger partial charge in [0.25, 0.3) is 0 Å². The van der Waals surface area contributed by atoms with E-state index in [2.05, 4.69) is 9.72 Å². The summed E-state index contributed by atoms with van der Waals surface area (Å²) in [6.45, 7) is -2.85. The number of pyridine rings is 1. The minimum Gasteiger partial charge on any atom is -0.432 e.